The maximum atomic E-state index is 12.9. The van der Waals surface area contributed by atoms with Crippen molar-refractivity contribution in [2.24, 2.45) is 0 Å². The Hall–Kier alpha value is -1.02. The van der Waals surface area contributed by atoms with Crippen LogP contribution < -0.4 is 10.2 Å². The Morgan fingerprint density at radius 3 is 1.45 bits per heavy atom. The molecular formula is C49H97N2O6P. The van der Waals surface area contributed by atoms with Gasteiger partial charge in [0.15, 0.2) is 0 Å². The average molecular weight is 841 g/mol. The topological polar surface area (TPSA) is 108 Å². The summed E-state index contributed by atoms with van der Waals surface area (Å²) in [5.41, 5.74) is 0. The van der Waals surface area contributed by atoms with Crippen LogP contribution in [0.1, 0.15) is 232 Å². The number of hydrogen-bond donors (Lipinski definition) is 2. The molecule has 1 amide bonds. The molecule has 344 valence electrons. The second kappa shape index (κ2) is 41.3. The highest BCUT2D eigenvalue weighted by Crippen LogP contribution is 2.38. The lowest BCUT2D eigenvalue weighted by Gasteiger charge is -2.30. The number of phosphoric acid groups is 1. The predicted molar refractivity (Wildman–Crippen MR) is 247 cm³/mol. The van der Waals surface area contributed by atoms with E-state index in [1.165, 1.54) is 154 Å². The van der Waals surface area contributed by atoms with Gasteiger partial charge in [-0.15, -0.1) is 0 Å². The molecule has 0 rings (SSSR count). The van der Waals surface area contributed by atoms with Crippen molar-refractivity contribution in [2.45, 2.75) is 244 Å². The Morgan fingerprint density at radius 2 is 1.00 bits per heavy atom. The number of carbonyl (C=O) groups excluding carboxylic acids is 1. The van der Waals surface area contributed by atoms with E-state index in [4.69, 9.17) is 9.05 Å². The zero-order valence-electron chi connectivity index (χ0n) is 39.0. The number of nitrogens with one attached hydrogen (secondary N) is 1. The molecule has 8 nitrogen and oxygen atoms in total. The first-order valence-corrected chi connectivity index (χ1v) is 26.1. The average Bonchev–Trinajstić information content (AvgIpc) is 3.17. The number of quaternary nitrogens is 1. The Balaban J connectivity index is 4.30. The standard InChI is InChI=1S/C49H97N2O6P/c1-6-8-10-12-14-16-18-20-22-24-26-28-30-32-34-36-38-40-42-48(52)47(46-57-58(54,55)56-45-44-51(3,4)5)50-49(53)43-41-39-37-35-33-31-29-27-25-23-21-19-17-15-13-11-9-7-2/h17,19,23,25,47-48,52H,6-16,18,20-22,24,26-46H2,1-5H3,(H-,50,53,54,55)/b19-17-,25-23-. The Morgan fingerprint density at radius 1 is 0.603 bits per heavy atom. The molecule has 0 fully saturated rings. The SMILES string of the molecule is CCCCCC/C=C\C/C=C\CCCCCCCCCC(=O)NC(COP(=O)([O-])OCC[N+](C)(C)C)C(O)CCCCCCCCCCCCCCCCCCCC. The fourth-order valence-electron chi connectivity index (χ4n) is 7.25. The van der Waals surface area contributed by atoms with Crippen LogP contribution in [-0.2, 0) is 18.4 Å². The summed E-state index contributed by atoms with van der Waals surface area (Å²) in [7, 11) is 1.30. The van der Waals surface area contributed by atoms with Crippen molar-refractivity contribution < 1.29 is 32.9 Å². The zero-order valence-corrected chi connectivity index (χ0v) is 39.9. The number of rotatable bonds is 45. The lowest BCUT2D eigenvalue weighted by Crippen LogP contribution is -2.46. The van der Waals surface area contributed by atoms with Crippen LogP contribution in [0.2, 0.25) is 0 Å². The van der Waals surface area contributed by atoms with Gasteiger partial charge in [-0.3, -0.25) is 9.36 Å². The fourth-order valence-corrected chi connectivity index (χ4v) is 7.97. The molecule has 0 aliphatic heterocycles. The largest absolute Gasteiger partial charge is 0.756 e. The van der Waals surface area contributed by atoms with Crippen LogP contribution in [0.4, 0.5) is 0 Å². The molecule has 0 aromatic heterocycles. The highest BCUT2D eigenvalue weighted by atomic mass is 31.2. The lowest BCUT2D eigenvalue weighted by molar-refractivity contribution is -0.870. The number of carbonyl (C=O) groups is 1. The molecule has 3 atom stereocenters. The molecule has 58 heavy (non-hydrogen) atoms. The molecule has 9 heteroatoms. The lowest BCUT2D eigenvalue weighted by atomic mass is 10.0. The van der Waals surface area contributed by atoms with E-state index in [1.54, 1.807) is 0 Å². The Bertz CT molecular complexity index is 1000. The third-order valence-corrected chi connectivity index (χ3v) is 12.2. The van der Waals surface area contributed by atoms with E-state index in [0.717, 1.165) is 51.4 Å². The Kier molecular flexibility index (Phi) is 40.6. The third-order valence-electron chi connectivity index (χ3n) is 11.2. The summed E-state index contributed by atoms with van der Waals surface area (Å²) in [6, 6.07) is -0.803. The van der Waals surface area contributed by atoms with Crippen molar-refractivity contribution in [3.63, 3.8) is 0 Å². The molecule has 0 saturated carbocycles. The minimum Gasteiger partial charge on any atom is -0.756 e. The fraction of sp³-hybridized carbons (Fsp3) is 0.898. The number of nitrogens with zero attached hydrogens (tertiary/aromatic N) is 1. The van der Waals surface area contributed by atoms with Crippen molar-refractivity contribution in [1.29, 1.82) is 0 Å². The molecule has 3 unspecified atom stereocenters. The smallest absolute Gasteiger partial charge is 0.268 e. The summed E-state index contributed by atoms with van der Waals surface area (Å²) in [6.45, 7) is 4.71. The molecule has 0 spiro atoms. The van der Waals surface area contributed by atoms with E-state index in [9.17, 15) is 19.4 Å². The summed E-state index contributed by atoms with van der Waals surface area (Å²) < 4.78 is 23.3. The summed E-state index contributed by atoms with van der Waals surface area (Å²) in [6.07, 6.45) is 48.9. The summed E-state index contributed by atoms with van der Waals surface area (Å²) in [5.74, 6) is -0.171. The van der Waals surface area contributed by atoms with Gasteiger partial charge in [-0.05, 0) is 44.9 Å². The highest BCUT2D eigenvalue weighted by molar-refractivity contribution is 7.45. The zero-order chi connectivity index (χ0) is 42.8. The maximum absolute atomic E-state index is 12.9. The van der Waals surface area contributed by atoms with E-state index in [-0.39, 0.29) is 19.1 Å². The van der Waals surface area contributed by atoms with Crippen LogP contribution in [0.25, 0.3) is 0 Å². The monoisotopic (exact) mass is 841 g/mol. The highest BCUT2D eigenvalue weighted by Gasteiger charge is 2.24. The number of likely N-dealkylation sites (N-methyl/N-ethyl adjacent to an activating group) is 1. The summed E-state index contributed by atoms with van der Waals surface area (Å²) >= 11 is 0. The van der Waals surface area contributed by atoms with E-state index in [0.29, 0.717) is 23.9 Å². The molecule has 0 radical (unpaired) electrons. The van der Waals surface area contributed by atoms with Gasteiger partial charge < -0.3 is 28.8 Å². The first kappa shape index (κ1) is 57.0. The number of aliphatic hydroxyl groups excluding tert-OH is 1. The van der Waals surface area contributed by atoms with Gasteiger partial charge in [0.25, 0.3) is 7.82 Å². The van der Waals surface area contributed by atoms with Crippen molar-refractivity contribution in [3.8, 4) is 0 Å². The summed E-state index contributed by atoms with van der Waals surface area (Å²) in [5, 5.41) is 14.0. The van der Waals surface area contributed by atoms with Crippen LogP contribution in [0, 0.1) is 0 Å². The first-order valence-electron chi connectivity index (χ1n) is 24.7. The molecular weight excluding hydrogens is 744 g/mol. The van der Waals surface area contributed by atoms with Crippen LogP contribution in [0.15, 0.2) is 24.3 Å². The second-order valence-corrected chi connectivity index (χ2v) is 19.6. The molecule has 2 N–H and O–H groups in total. The van der Waals surface area contributed by atoms with Gasteiger partial charge >= 0.3 is 0 Å². The molecule has 0 aliphatic rings. The van der Waals surface area contributed by atoms with E-state index in [2.05, 4.69) is 43.5 Å². The minimum atomic E-state index is -4.57. The quantitative estimate of drug-likeness (QED) is 0.0274. The van der Waals surface area contributed by atoms with Crippen molar-refractivity contribution >= 4 is 13.7 Å². The van der Waals surface area contributed by atoms with Crippen molar-refractivity contribution in [2.75, 3.05) is 40.9 Å². The van der Waals surface area contributed by atoms with Gasteiger partial charge in [-0.1, -0.05) is 205 Å². The van der Waals surface area contributed by atoms with Crippen molar-refractivity contribution in [3.05, 3.63) is 24.3 Å². The number of amides is 1. The predicted octanol–water partition coefficient (Wildman–Crippen LogP) is 13.5. The molecule has 0 aromatic rings. The molecule has 0 aliphatic carbocycles. The maximum Gasteiger partial charge on any atom is 0.268 e. The van der Waals surface area contributed by atoms with Crippen LogP contribution in [0.3, 0.4) is 0 Å². The minimum absolute atomic E-state index is 0.0113. The molecule has 0 saturated heterocycles. The van der Waals surface area contributed by atoms with Gasteiger partial charge in [0.1, 0.15) is 13.2 Å². The van der Waals surface area contributed by atoms with Crippen LogP contribution in [0.5, 0.6) is 0 Å². The van der Waals surface area contributed by atoms with Gasteiger partial charge in [0.05, 0.1) is 39.9 Å². The van der Waals surface area contributed by atoms with Crippen LogP contribution >= 0.6 is 7.82 Å². The van der Waals surface area contributed by atoms with Gasteiger partial charge in [0.2, 0.25) is 5.91 Å². The molecule has 0 aromatic carbocycles. The normalized spacial score (nSPS) is 14.4. The van der Waals surface area contributed by atoms with E-state index >= 15 is 0 Å². The Labute approximate surface area is 360 Å². The number of phosphoric ester groups is 1. The molecule has 0 bridgehead atoms. The first-order chi connectivity index (χ1) is 28.0. The number of hydrogen-bond acceptors (Lipinski definition) is 6. The molecule has 0 heterocycles. The van der Waals surface area contributed by atoms with Crippen molar-refractivity contribution in [1.82, 2.24) is 5.32 Å². The van der Waals surface area contributed by atoms with Gasteiger partial charge in [0, 0.05) is 6.42 Å². The van der Waals surface area contributed by atoms with Gasteiger partial charge in [-0.25, -0.2) is 0 Å². The van der Waals surface area contributed by atoms with E-state index in [1.807, 2.05) is 21.1 Å². The van der Waals surface area contributed by atoms with Crippen LogP contribution in [-0.4, -0.2) is 68.5 Å². The number of aliphatic hydroxyl groups is 1. The van der Waals surface area contributed by atoms with Gasteiger partial charge in [-0.2, -0.15) is 0 Å². The second-order valence-electron chi connectivity index (χ2n) is 18.2. The van der Waals surface area contributed by atoms with E-state index < -0.39 is 20.0 Å². The number of unbranched alkanes of at least 4 members (excludes halogenated alkanes) is 28. The number of allylic oxidation sites excluding steroid dienone is 4. The third kappa shape index (κ3) is 43.1. The summed E-state index contributed by atoms with van der Waals surface area (Å²) in [4.78, 5) is 25.4.